The van der Waals surface area contributed by atoms with Crippen molar-refractivity contribution in [1.82, 2.24) is 14.9 Å². The molecule has 1 aromatic rings. The molecular weight excluding hydrogens is 394 g/mol. The van der Waals surface area contributed by atoms with Gasteiger partial charge in [-0.25, -0.2) is 8.42 Å². The number of nitrogens with one attached hydrogen (secondary N) is 2. The molecule has 0 spiro atoms. The zero-order chi connectivity index (χ0) is 20.4. The van der Waals surface area contributed by atoms with E-state index in [1.807, 2.05) is 36.6 Å². The van der Waals surface area contributed by atoms with Crippen molar-refractivity contribution in [1.29, 1.82) is 0 Å². The van der Waals surface area contributed by atoms with Gasteiger partial charge in [-0.15, -0.1) is 0 Å². The van der Waals surface area contributed by atoms with Gasteiger partial charge in [0.1, 0.15) is 6.04 Å². The summed E-state index contributed by atoms with van der Waals surface area (Å²) in [4.78, 5) is 15.1. The summed E-state index contributed by atoms with van der Waals surface area (Å²) >= 11 is 1.59. The quantitative estimate of drug-likeness (QED) is 0.601. The lowest BCUT2D eigenvalue weighted by atomic mass is 10.0. The number of carbonyl (C=O) groups excluding carboxylic acids is 1. The number of carbonyl (C=O) groups is 1. The van der Waals surface area contributed by atoms with Gasteiger partial charge in [-0.05, 0) is 49.5 Å². The first kappa shape index (κ1) is 22.9. The van der Waals surface area contributed by atoms with Crippen LogP contribution >= 0.6 is 11.8 Å². The van der Waals surface area contributed by atoms with E-state index in [1.54, 1.807) is 11.8 Å². The van der Waals surface area contributed by atoms with Crippen LogP contribution in [-0.2, 0) is 14.8 Å². The molecule has 1 amide bonds. The molecule has 156 valence electrons. The van der Waals surface area contributed by atoms with E-state index >= 15 is 0 Å². The van der Waals surface area contributed by atoms with Crippen LogP contribution in [-0.4, -0.2) is 63.0 Å². The average Bonchev–Trinajstić information content (AvgIpc) is 2.71. The second kappa shape index (κ2) is 11.6. The minimum absolute atomic E-state index is 0.108. The van der Waals surface area contributed by atoms with Crippen molar-refractivity contribution in [2.24, 2.45) is 0 Å². The fraction of sp³-hybridized carbons (Fsp3) is 0.550. The summed E-state index contributed by atoms with van der Waals surface area (Å²) in [7, 11) is -3.72. The maximum absolute atomic E-state index is 12.7. The number of hydrogen-bond acceptors (Lipinski definition) is 5. The van der Waals surface area contributed by atoms with Crippen LogP contribution in [0.25, 0.3) is 6.08 Å². The maximum Gasteiger partial charge on any atom is 0.238 e. The Labute approximate surface area is 173 Å². The van der Waals surface area contributed by atoms with E-state index in [0.29, 0.717) is 12.2 Å². The monoisotopic (exact) mass is 425 g/mol. The predicted octanol–water partition coefficient (Wildman–Crippen LogP) is 2.30. The van der Waals surface area contributed by atoms with E-state index < -0.39 is 16.1 Å². The first-order valence-corrected chi connectivity index (χ1v) is 12.6. The molecule has 1 saturated heterocycles. The molecule has 1 atom stereocenters. The van der Waals surface area contributed by atoms with Crippen LogP contribution in [0.3, 0.4) is 0 Å². The van der Waals surface area contributed by atoms with E-state index in [1.165, 1.54) is 6.08 Å². The van der Waals surface area contributed by atoms with Crippen LogP contribution in [0.15, 0.2) is 35.7 Å². The predicted molar refractivity (Wildman–Crippen MR) is 118 cm³/mol. The normalized spacial score (nSPS) is 17.6. The first-order valence-electron chi connectivity index (χ1n) is 9.70. The first-order chi connectivity index (χ1) is 13.4. The number of amides is 1. The average molecular weight is 426 g/mol. The second-order valence-electron chi connectivity index (χ2n) is 6.93. The smallest absolute Gasteiger partial charge is 0.238 e. The summed E-state index contributed by atoms with van der Waals surface area (Å²) in [6, 6.07) is 8.56. The zero-order valence-electron chi connectivity index (χ0n) is 16.6. The molecule has 1 unspecified atom stereocenters. The van der Waals surface area contributed by atoms with Gasteiger partial charge in [0.2, 0.25) is 15.9 Å². The van der Waals surface area contributed by atoms with Crippen LogP contribution in [0.5, 0.6) is 0 Å². The molecule has 0 saturated carbocycles. The summed E-state index contributed by atoms with van der Waals surface area (Å²) in [6.07, 6.45) is 5.73. The Morgan fingerprint density at radius 2 is 1.96 bits per heavy atom. The van der Waals surface area contributed by atoms with Crippen molar-refractivity contribution < 1.29 is 13.2 Å². The minimum Gasteiger partial charge on any atom is -0.352 e. The molecule has 0 aromatic heterocycles. The molecule has 2 N–H and O–H groups in total. The third kappa shape index (κ3) is 7.95. The van der Waals surface area contributed by atoms with E-state index in [4.69, 9.17) is 0 Å². The Hall–Kier alpha value is -1.35. The fourth-order valence-corrected chi connectivity index (χ4v) is 4.65. The SMILES string of the molecule is CCN1CCC(NC(=O)C(CCSC)NS(=O)(=O)/C=C/c2ccccc2)CC1. The second-order valence-corrected chi connectivity index (χ2v) is 9.51. The molecule has 1 aliphatic heterocycles. The van der Waals surface area contributed by atoms with Gasteiger partial charge >= 0.3 is 0 Å². The summed E-state index contributed by atoms with van der Waals surface area (Å²) in [5.74, 6) is 0.470. The molecule has 1 heterocycles. The lowest BCUT2D eigenvalue weighted by molar-refractivity contribution is -0.123. The highest BCUT2D eigenvalue weighted by Gasteiger charge is 2.26. The highest BCUT2D eigenvalue weighted by atomic mass is 32.2. The van der Waals surface area contributed by atoms with Gasteiger partial charge in [0.25, 0.3) is 0 Å². The molecule has 0 radical (unpaired) electrons. The van der Waals surface area contributed by atoms with Gasteiger partial charge in [-0.1, -0.05) is 37.3 Å². The number of benzene rings is 1. The molecule has 1 fully saturated rings. The lowest BCUT2D eigenvalue weighted by Crippen LogP contribution is -2.52. The number of rotatable bonds is 10. The number of thioether (sulfide) groups is 1. The molecule has 28 heavy (non-hydrogen) atoms. The summed E-state index contributed by atoms with van der Waals surface area (Å²) in [5.41, 5.74) is 0.792. The molecule has 6 nitrogen and oxygen atoms in total. The van der Waals surface area contributed by atoms with Gasteiger partial charge in [0.05, 0.1) is 0 Å². The van der Waals surface area contributed by atoms with Crippen molar-refractivity contribution >= 4 is 33.8 Å². The van der Waals surface area contributed by atoms with Crippen molar-refractivity contribution in [2.75, 3.05) is 31.6 Å². The molecule has 0 bridgehead atoms. The summed E-state index contributed by atoms with van der Waals surface area (Å²) in [6.45, 7) is 5.07. The lowest BCUT2D eigenvalue weighted by Gasteiger charge is -2.32. The van der Waals surface area contributed by atoms with Gasteiger partial charge < -0.3 is 10.2 Å². The van der Waals surface area contributed by atoms with E-state index in [2.05, 4.69) is 21.9 Å². The Morgan fingerprint density at radius 1 is 1.29 bits per heavy atom. The molecule has 1 aromatic carbocycles. The van der Waals surface area contributed by atoms with Gasteiger partial charge in [-0.3, -0.25) is 4.79 Å². The van der Waals surface area contributed by atoms with E-state index in [0.717, 1.165) is 43.4 Å². The van der Waals surface area contributed by atoms with Crippen LogP contribution in [0.2, 0.25) is 0 Å². The highest BCUT2D eigenvalue weighted by Crippen LogP contribution is 2.11. The number of sulfonamides is 1. The van der Waals surface area contributed by atoms with Crippen LogP contribution in [0, 0.1) is 0 Å². The van der Waals surface area contributed by atoms with Crippen molar-refractivity contribution in [3.63, 3.8) is 0 Å². The van der Waals surface area contributed by atoms with Crippen LogP contribution < -0.4 is 10.0 Å². The third-order valence-corrected chi connectivity index (χ3v) is 6.61. The van der Waals surface area contributed by atoms with Gasteiger partial charge in [-0.2, -0.15) is 16.5 Å². The Bertz CT molecular complexity index is 730. The van der Waals surface area contributed by atoms with Gasteiger partial charge in [0.15, 0.2) is 0 Å². The number of nitrogens with zero attached hydrogens (tertiary/aromatic N) is 1. The summed E-state index contributed by atoms with van der Waals surface area (Å²) < 4.78 is 27.5. The van der Waals surface area contributed by atoms with Crippen LogP contribution in [0.4, 0.5) is 0 Å². The molecule has 2 rings (SSSR count). The fourth-order valence-electron chi connectivity index (χ4n) is 3.14. The number of hydrogen-bond donors (Lipinski definition) is 2. The molecule has 0 aliphatic carbocycles. The maximum atomic E-state index is 12.7. The Balaban J connectivity index is 1.97. The molecular formula is C20H31N3O3S2. The topological polar surface area (TPSA) is 78.5 Å². The highest BCUT2D eigenvalue weighted by molar-refractivity contribution is 7.98. The minimum atomic E-state index is -3.72. The van der Waals surface area contributed by atoms with E-state index in [9.17, 15) is 13.2 Å². The summed E-state index contributed by atoms with van der Waals surface area (Å²) in [5, 5.41) is 4.17. The van der Waals surface area contributed by atoms with E-state index in [-0.39, 0.29) is 11.9 Å². The Kier molecular flexibility index (Phi) is 9.50. The molecule has 1 aliphatic rings. The Morgan fingerprint density at radius 3 is 2.57 bits per heavy atom. The third-order valence-electron chi connectivity index (χ3n) is 4.85. The number of likely N-dealkylation sites (tertiary alicyclic amines) is 1. The van der Waals surface area contributed by atoms with Crippen LogP contribution in [0.1, 0.15) is 31.7 Å². The zero-order valence-corrected chi connectivity index (χ0v) is 18.3. The molecule has 8 heteroatoms. The van der Waals surface area contributed by atoms with Crippen molar-refractivity contribution in [3.8, 4) is 0 Å². The van der Waals surface area contributed by atoms with Crippen molar-refractivity contribution in [3.05, 3.63) is 41.3 Å². The van der Waals surface area contributed by atoms with Crippen molar-refractivity contribution in [2.45, 2.75) is 38.3 Å². The number of piperidine rings is 1. The standard InChI is InChI=1S/C20H31N3O3S2/c1-3-23-13-9-18(10-14-23)21-20(24)19(11-15-27-2)22-28(25,26)16-12-17-7-5-4-6-8-17/h4-8,12,16,18-19,22H,3,9-11,13-15H2,1-2H3,(H,21,24)/b16-12+. The van der Waals surface area contributed by atoms with Gasteiger partial charge in [0, 0.05) is 24.5 Å². The largest absolute Gasteiger partial charge is 0.352 e.